The fourth-order valence-corrected chi connectivity index (χ4v) is 3.84. The smallest absolute Gasteiger partial charge is 0.307 e. The van der Waals surface area contributed by atoms with Crippen molar-refractivity contribution >= 4 is 5.91 Å². The molecule has 2 heterocycles. The van der Waals surface area contributed by atoms with Crippen molar-refractivity contribution in [2.75, 3.05) is 0 Å². The van der Waals surface area contributed by atoms with Gasteiger partial charge in [-0.25, -0.2) is 4.57 Å². The number of rotatable bonds is 4. The summed E-state index contributed by atoms with van der Waals surface area (Å²) >= 11 is 0. The lowest BCUT2D eigenvalue weighted by atomic mass is 9.84. The van der Waals surface area contributed by atoms with Crippen LogP contribution in [-0.2, 0) is 6.42 Å². The van der Waals surface area contributed by atoms with Crippen LogP contribution in [0.4, 0.5) is 0 Å². The molecule has 1 aliphatic carbocycles. The minimum Gasteiger partial charge on any atom is -0.451 e. The lowest BCUT2D eigenvalue weighted by molar-refractivity contribution is 0.0798. The molecule has 1 aliphatic heterocycles. The second kappa shape index (κ2) is 6.82. The van der Waals surface area contributed by atoms with Gasteiger partial charge in [0.25, 0.3) is 11.5 Å². The average molecular weight is 338 g/mol. The van der Waals surface area contributed by atoms with Crippen LogP contribution in [0.2, 0.25) is 0 Å². The number of fused-ring (bicyclic) bond motifs is 1. The summed E-state index contributed by atoms with van der Waals surface area (Å²) < 4.78 is 6.86. The Kier molecular flexibility index (Phi) is 4.38. The van der Waals surface area contributed by atoms with E-state index >= 15 is 0 Å². The molecule has 1 atom stereocenters. The molecular formula is C20H22N2O3. The molecule has 1 saturated carbocycles. The van der Waals surface area contributed by atoms with E-state index < -0.39 is 11.7 Å². The molecule has 5 nitrogen and oxygen atoms in total. The number of aromatic nitrogens is 2. The predicted octanol–water partition coefficient (Wildman–Crippen LogP) is 3.33. The van der Waals surface area contributed by atoms with Crippen LogP contribution in [0.25, 0.3) is 0 Å². The molecule has 5 heteroatoms. The molecule has 2 aliphatic rings. The van der Waals surface area contributed by atoms with Gasteiger partial charge in [0.15, 0.2) is 6.10 Å². The van der Waals surface area contributed by atoms with Crippen LogP contribution in [0.5, 0.6) is 6.01 Å². The zero-order chi connectivity index (χ0) is 17.2. The molecule has 2 aromatic rings. The standard InChI is InChI=1S/C20H22N2O3/c23-18-12-13-22-19(24)17(25-20(22)21-18)11-8-14-6-9-16(10-7-14)15-4-2-1-3-5-15/h6-7,9-10,12-13,15,17H,1-5,8,11H2. The van der Waals surface area contributed by atoms with Gasteiger partial charge in [-0.05, 0) is 42.7 Å². The van der Waals surface area contributed by atoms with Crippen molar-refractivity contribution in [2.24, 2.45) is 0 Å². The van der Waals surface area contributed by atoms with Crippen molar-refractivity contribution in [1.82, 2.24) is 9.55 Å². The van der Waals surface area contributed by atoms with Crippen LogP contribution in [0.3, 0.4) is 0 Å². The van der Waals surface area contributed by atoms with Gasteiger partial charge in [0.1, 0.15) is 0 Å². The van der Waals surface area contributed by atoms with E-state index in [1.807, 2.05) is 0 Å². The number of benzene rings is 1. The fourth-order valence-electron chi connectivity index (χ4n) is 3.84. The first-order valence-corrected chi connectivity index (χ1v) is 9.10. The molecule has 1 aromatic carbocycles. The van der Waals surface area contributed by atoms with E-state index in [2.05, 4.69) is 29.2 Å². The molecule has 25 heavy (non-hydrogen) atoms. The molecule has 0 saturated heterocycles. The van der Waals surface area contributed by atoms with Crippen LogP contribution < -0.4 is 10.3 Å². The van der Waals surface area contributed by atoms with Crippen LogP contribution in [0, 0.1) is 0 Å². The highest BCUT2D eigenvalue weighted by molar-refractivity contribution is 5.86. The third-order valence-corrected chi connectivity index (χ3v) is 5.29. The van der Waals surface area contributed by atoms with Gasteiger partial charge < -0.3 is 4.74 Å². The molecule has 130 valence electrons. The van der Waals surface area contributed by atoms with Gasteiger partial charge >= 0.3 is 6.01 Å². The summed E-state index contributed by atoms with van der Waals surface area (Å²) in [5, 5.41) is 0. The van der Waals surface area contributed by atoms with Crippen molar-refractivity contribution in [2.45, 2.75) is 57.0 Å². The molecule has 0 radical (unpaired) electrons. The summed E-state index contributed by atoms with van der Waals surface area (Å²) in [6.07, 6.45) is 8.86. The summed E-state index contributed by atoms with van der Waals surface area (Å²) in [5.41, 5.74) is 2.25. The van der Waals surface area contributed by atoms with E-state index in [0.29, 0.717) is 12.3 Å². The molecule has 4 rings (SSSR count). The van der Waals surface area contributed by atoms with E-state index in [1.165, 1.54) is 60.1 Å². The molecule has 1 unspecified atom stereocenters. The summed E-state index contributed by atoms with van der Waals surface area (Å²) in [5.74, 6) is 0.558. The van der Waals surface area contributed by atoms with Crippen LogP contribution in [0.1, 0.15) is 60.4 Å². The van der Waals surface area contributed by atoms with Crippen molar-refractivity contribution < 1.29 is 9.53 Å². The molecule has 1 aromatic heterocycles. The van der Waals surface area contributed by atoms with E-state index in [9.17, 15) is 9.59 Å². The first kappa shape index (κ1) is 16.1. The fraction of sp³-hybridized carbons (Fsp3) is 0.450. The molecule has 0 bridgehead atoms. The van der Waals surface area contributed by atoms with Gasteiger partial charge in [-0.15, -0.1) is 0 Å². The Morgan fingerprint density at radius 1 is 1.04 bits per heavy atom. The SMILES string of the molecule is O=C1C(CCc2ccc(C3CCCCC3)cc2)Oc2nc(=O)ccn21. The third kappa shape index (κ3) is 3.36. The minimum atomic E-state index is -0.563. The van der Waals surface area contributed by atoms with E-state index in [-0.39, 0.29) is 11.9 Å². The van der Waals surface area contributed by atoms with Crippen molar-refractivity contribution in [3.8, 4) is 6.01 Å². The Balaban J connectivity index is 1.37. The first-order valence-electron chi connectivity index (χ1n) is 9.10. The zero-order valence-corrected chi connectivity index (χ0v) is 14.2. The monoisotopic (exact) mass is 338 g/mol. The number of hydrogen-bond acceptors (Lipinski definition) is 4. The third-order valence-electron chi connectivity index (χ3n) is 5.29. The second-order valence-corrected chi connectivity index (χ2v) is 6.98. The minimum absolute atomic E-state index is 0.107. The maximum Gasteiger partial charge on any atom is 0.307 e. The van der Waals surface area contributed by atoms with Gasteiger partial charge in [-0.2, -0.15) is 4.98 Å². The number of ether oxygens (including phenoxy) is 1. The zero-order valence-electron chi connectivity index (χ0n) is 14.2. The Hall–Kier alpha value is -2.43. The molecule has 1 fully saturated rings. The number of hydrogen-bond donors (Lipinski definition) is 0. The van der Waals surface area contributed by atoms with Crippen LogP contribution >= 0.6 is 0 Å². The van der Waals surface area contributed by atoms with Gasteiger partial charge in [-0.3, -0.25) is 9.59 Å². The Morgan fingerprint density at radius 2 is 1.80 bits per heavy atom. The van der Waals surface area contributed by atoms with Crippen LogP contribution in [0.15, 0.2) is 41.3 Å². The Labute approximate surface area is 146 Å². The maximum atomic E-state index is 12.3. The largest absolute Gasteiger partial charge is 0.451 e. The van der Waals surface area contributed by atoms with Crippen LogP contribution in [-0.4, -0.2) is 21.6 Å². The van der Waals surface area contributed by atoms with Crippen molar-refractivity contribution in [1.29, 1.82) is 0 Å². The highest BCUT2D eigenvalue weighted by atomic mass is 16.5. The normalized spacial score (nSPS) is 20.3. The summed E-state index contributed by atoms with van der Waals surface area (Å²) in [4.78, 5) is 27.3. The predicted molar refractivity (Wildman–Crippen MR) is 94.1 cm³/mol. The number of carbonyl (C=O) groups is 1. The van der Waals surface area contributed by atoms with E-state index in [4.69, 9.17) is 4.74 Å². The summed E-state index contributed by atoms with van der Waals surface area (Å²) in [6, 6.07) is 10.2. The first-order chi connectivity index (χ1) is 12.2. The Bertz CT molecular complexity index is 820. The summed E-state index contributed by atoms with van der Waals surface area (Å²) in [7, 11) is 0. The molecular weight excluding hydrogens is 316 g/mol. The average Bonchev–Trinajstić information content (AvgIpc) is 2.96. The van der Waals surface area contributed by atoms with Crippen molar-refractivity contribution in [3.05, 3.63) is 58.0 Å². The lowest BCUT2D eigenvalue weighted by Crippen LogP contribution is -2.23. The topological polar surface area (TPSA) is 61.2 Å². The van der Waals surface area contributed by atoms with Gasteiger partial charge in [-0.1, -0.05) is 43.5 Å². The number of carbonyl (C=O) groups excluding carboxylic acids is 1. The Morgan fingerprint density at radius 3 is 2.56 bits per heavy atom. The molecule has 0 spiro atoms. The van der Waals surface area contributed by atoms with Gasteiger partial charge in [0.05, 0.1) is 0 Å². The van der Waals surface area contributed by atoms with E-state index in [1.54, 1.807) is 0 Å². The summed E-state index contributed by atoms with van der Waals surface area (Å²) in [6.45, 7) is 0. The van der Waals surface area contributed by atoms with Gasteiger partial charge in [0, 0.05) is 12.3 Å². The maximum absolute atomic E-state index is 12.3. The second-order valence-electron chi connectivity index (χ2n) is 6.98. The highest BCUT2D eigenvalue weighted by Gasteiger charge is 2.32. The van der Waals surface area contributed by atoms with Gasteiger partial charge in [0.2, 0.25) is 0 Å². The van der Waals surface area contributed by atoms with Crippen molar-refractivity contribution in [3.63, 3.8) is 0 Å². The highest BCUT2D eigenvalue weighted by Crippen LogP contribution is 2.32. The number of nitrogens with zero attached hydrogens (tertiary/aromatic N) is 2. The molecule has 0 amide bonds. The number of aryl methyl sites for hydroxylation is 1. The quantitative estimate of drug-likeness (QED) is 0.858. The lowest BCUT2D eigenvalue weighted by Gasteiger charge is -2.22. The molecule has 0 N–H and O–H groups in total. The van der Waals surface area contributed by atoms with E-state index in [0.717, 1.165) is 6.42 Å².